The number of nitrogens with zero attached hydrogens (tertiary/aromatic N) is 1. The molecule has 3 heteroatoms. The van der Waals surface area contributed by atoms with Crippen molar-refractivity contribution in [3.8, 4) is 11.1 Å². The zero-order valence-electron chi connectivity index (χ0n) is 15.8. The van der Waals surface area contributed by atoms with E-state index in [1.807, 2.05) is 65.6 Å². The van der Waals surface area contributed by atoms with Gasteiger partial charge in [-0.2, -0.15) is 0 Å². The predicted molar refractivity (Wildman–Crippen MR) is 113 cm³/mol. The molecule has 0 aliphatic rings. The van der Waals surface area contributed by atoms with Gasteiger partial charge in [-0.05, 0) is 35.2 Å². The third-order valence-electron chi connectivity index (χ3n) is 4.53. The second-order valence-electron chi connectivity index (χ2n) is 6.63. The first kappa shape index (κ1) is 18.7. The van der Waals surface area contributed by atoms with Crippen molar-refractivity contribution < 1.29 is 4.79 Å². The lowest BCUT2D eigenvalue weighted by Crippen LogP contribution is -2.35. The van der Waals surface area contributed by atoms with E-state index in [0.29, 0.717) is 6.54 Å². The van der Waals surface area contributed by atoms with Gasteiger partial charge in [0.2, 0.25) is 0 Å². The van der Waals surface area contributed by atoms with Crippen molar-refractivity contribution in [3.05, 3.63) is 90.5 Å². The zero-order valence-corrected chi connectivity index (χ0v) is 15.8. The molecule has 0 spiro atoms. The van der Waals surface area contributed by atoms with E-state index in [9.17, 15) is 4.79 Å². The molecule has 2 amide bonds. The largest absolute Gasteiger partial charge is 0.322 e. The van der Waals surface area contributed by atoms with E-state index in [1.54, 1.807) is 0 Å². The number of hydrogen-bond acceptors (Lipinski definition) is 1. The molecule has 0 heterocycles. The highest BCUT2D eigenvalue weighted by atomic mass is 16.2. The van der Waals surface area contributed by atoms with E-state index >= 15 is 0 Å². The molecule has 3 aromatic rings. The monoisotopic (exact) mass is 358 g/mol. The number of hydrogen-bond donors (Lipinski definition) is 1. The van der Waals surface area contributed by atoms with Crippen LogP contribution >= 0.6 is 0 Å². The van der Waals surface area contributed by atoms with Crippen molar-refractivity contribution in [2.24, 2.45) is 0 Å². The fourth-order valence-corrected chi connectivity index (χ4v) is 2.98. The maximum Gasteiger partial charge on any atom is 0.322 e. The molecule has 0 saturated carbocycles. The third-order valence-corrected chi connectivity index (χ3v) is 4.53. The Hall–Kier alpha value is -3.07. The second kappa shape index (κ2) is 9.58. The van der Waals surface area contributed by atoms with Crippen LogP contribution in [-0.2, 0) is 6.54 Å². The first-order valence-corrected chi connectivity index (χ1v) is 9.51. The minimum absolute atomic E-state index is 0.0558. The average molecular weight is 358 g/mol. The van der Waals surface area contributed by atoms with Crippen LogP contribution in [-0.4, -0.2) is 17.5 Å². The van der Waals surface area contributed by atoms with Crippen molar-refractivity contribution in [2.75, 3.05) is 11.9 Å². The van der Waals surface area contributed by atoms with E-state index in [2.05, 4.69) is 36.5 Å². The highest BCUT2D eigenvalue weighted by Crippen LogP contribution is 2.21. The zero-order chi connectivity index (χ0) is 18.9. The van der Waals surface area contributed by atoms with E-state index < -0.39 is 0 Å². The molecule has 0 aromatic heterocycles. The minimum atomic E-state index is -0.0558. The first-order chi connectivity index (χ1) is 13.3. The van der Waals surface area contributed by atoms with Crippen LogP contribution in [0.5, 0.6) is 0 Å². The van der Waals surface area contributed by atoms with Crippen LogP contribution in [0.1, 0.15) is 25.3 Å². The van der Waals surface area contributed by atoms with Gasteiger partial charge in [0.25, 0.3) is 0 Å². The van der Waals surface area contributed by atoms with Gasteiger partial charge in [-0.15, -0.1) is 0 Å². The molecule has 0 unspecified atom stereocenters. The van der Waals surface area contributed by atoms with Gasteiger partial charge in [0.1, 0.15) is 0 Å². The lowest BCUT2D eigenvalue weighted by molar-refractivity contribution is 0.208. The van der Waals surface area contributed by atoms with Gasteiger partial charge < -0.3 is 10.2 Å². The highest BCUT2D eigenvalue weighted by molar-refractivity contribution is 5.89. The van der Waals surface area contributed by atoms with E-state index in [-0.39, 0.29) is 6.03 Å². The molecular formula is C24H26N2O. The van der Waals surface area contributed by atoms with Crippen LogP contribution in [0.15, 0.2) is 84.9 Å². The molecule has 0 saturated heterocycles. The molecule has 0 fully saturated rings. The summed E-state index contributed by atoms with van der Waals surface area (Å²) < 4.78 is 0. The Morgan fingerprint density at radius 3 is 2.04 bits per heavy atom. The summed E-state index contributed by atoms with van der Waals surface area (Å²) in [6.07, 6.45) is 2.05. The fourth-order valence-electron chi connectivity index (χ4n) is 2.98. The number of benzene rings is 3. The number of carbonyl (C=O) groups is 1. The highest BCUT2D eigenvalue weighted by Gasteiger charge is 2.13. The van der Waals surface area contributed by atoms with E-state index in [0.717, 1.165) is 36.2 Å². The van der Waals surface area contributed by atoms with Crippen molar-refractivity contribution in [1.29, 1.82) is 0 Å². The summed E-state index contributed by atoms with van der Waals surface area (Å²) in [5.41, 5.74) is 4.27. The van der Waals surface area contributed by atoms with Crippen molar-refractivity contribution in [1.82, 2.24) is 4.90 Å². The topological polar surface area (TPSA) is 32.3 Å². The van der Waals surface area contributed by atoms with Gasteiger partial charge in [0.05, 0.1) is 0 Å². The van der Waals surface area contributed by atoms with Crippen LogP contribution in [0.4, 0.5) is 10.5 Å². The molecular weight excluding hydrogens is 332 g/mol. The van der Waals surface area contributed by atoms with Gasteiger partial charge in [0, 0.05) is 18.8 Å². The lowest BCUT2D eigenvalue weighted by Gasteiger charge is -2.23. The molecule has 27 heavy (non-hydrogen) atoms. The Balaban J connectivity index is 1.67. The maximum absolute atomic E-state index is 12.8. The van der Waals surface area contributed by atoms with Crippen molar-refractivity contribution in [3.63, 3.8) is 0 Å². The summed E-state index contributed by atoms with van der Waals surface area (Å²) >= 11 is 0. The quantitative estimate of drug-likeness (QED) is 0.537. The molecule has 3 aromatic carbocycles. The maximum atomic E-state index is 12.8. The number of unbranched alkanes of at least 4 members (excludes halogenated alkanes) is 1. The molecule has 3 nitrogen and oxygen atoms in total. The third kappa shape index (κ3) is 5.45. The van der Waals surface area contributed by atoms with E-state index in [4.69, 9.17) is 0 Å². The molecule has 0 bridgehead atoms. The van der Waals surface area contributed by atoms with Gasteiger partial charge in [-0.25, -0.2) is 4.79 Å². The van der Waals surface area contributed by atoms with Crippen molar-refractivity contribution in [2.45, 2.75) is 26.3 Å². The van der Waals surface area contributed by atoms with Crippen LogP contribution in [0.3, 0.4) is 0 Å². The number of amides is 2. The van der Waals surface area contributed by atoms with Crippen molar-refractivity contribution >= 4 is 11.7 Å². The number of rotatable bonds is 7. The summed E-state index contributed by atoms with van der Waals surface area (Å²) in [6.45, 7) is 3.51. The Morgan fingerprint density at radius 2 is 1.41 bits per heavy atom. The molecule has 0 atom stereocenters. The SMILES string of the molecule is CCCCN(Cc1ccccc1)C(=O)Nc1ccc(-c2ccccc2)cc1. The number of urea groups is 1. The van der Waals surface area contributed by atoms with E-state index in [1.165, 1.54) is 5.56 Å². The molecule has 0 radical (unpaired) electrons. The minimum Gasteiger partial charge on any atom is -0.320 e. The van der Waals surface area contributed by atoms with Crippen LogP contribution in [0, 0.1) is 0 Å². The van der Waals surface area contributed by atoms with Crippen LogP contribution < -0.4 is 5.32 Å². The normalized spacial score (nSPS) is 10.4. The van der Waals surface area contributed by atoms with Gasteiger partial charge in [-0.3, -0.25) is 0 Å². The summed E-state index contributed by atoms with van der Waals surface area (Å²) in [4.78, 5) is 14.7. The molecule has 3 rings (SSSR count). The lowest BCUT2D eigenvalue weighted by atomic mass is 10.1. The molecule has 0 aliphatic heterocycles. The fraction of sp³-hybridized carbons (Fsp3) is 0.208. The Kier molecular flexibility index (Phi) is 6.64. The summed E-state index contributed by atoms with van der Waals surface area (Å²) in [6, 6.07) is 28.3. The van der Waals surface area contributed by atoms with Gasteiger partial charge >= 0.3 is 6.03 Å². The summed E-state index contributed by atoms with van der Waals surface area (Å²) in [5.74, 6) is 0. The summed E-state index contributed by atoms with van der Waals surface area (Å²) in [7, 11) is 0. The molecule has 0 aliphatic carbocycles. The Labute approximate surface area is 161 Å². The first-order valence-electron chi connectivity index (χ1n) is 9.51. The second-order valence-corrected chi connectivity index (χ2v) is 6.63. The van der Waals surface area contributed by atoms with Crippen LogP contribution in [0.2, 0.25) is 0 Å². The molecule has 138 valence electrons. The smallest absolute Gasteiger partial charge is 0.320 e. The Morgan fingerprint density at radius 1 is 0.815 bits per heavy atom. The number of carbonyl (C=O) groups excluding carboxylic acids is 1. The standard InChI is InChI=1S/C24H26N2O/c1-2-3-18-26(19-20-10-6-4-7-11-20)24(27)25-23-16-14-22(15-17-23)21-12-8-5-9-13-21/h4-17H,2-3,18-19H2,1H3,(H,25,27). The Bertz CT molecular complexity index is 829. The number of anilines is 1. The summed E-state index contributed by atoms with van der Waals surface area (Å²) in [5, 5.41) is 3.04. The van der Waals surface area contributed by atoms with Gasteiger partial charge in [-0.1, -0.05) is 86.1 Å². The predicted octanol–water partition coefficient (Wildman–Crippen LogP) is 6.19. The van der Waals surface area contributed by atoms with Gasteiger partial charge in [0.15, 0.2) is 0 Å². The number of nitrogens with one attached hydrogen (secondary N) is 1. The molecule has 1 N–H and O–H groups in total. The average Bonchev–Trinajstić information content (AvgIpc) is 2.73. The van der Waals surface area contributed by atoms with Crippen LogP contribution in [0.25, 0.3) is 11.1 Å².